The van der Waals surface area contributed by atoms with E-state index in [1.54, 1.807) is 48.5 Å². The molecule has 0 saturated heterocycles. The van der Waals surface area contributed by atoms with E-state index in [1.165, 1.54) is 0 Å². The molecular weight excluding hydrogens is 449 g/mol. The maximum Gasteiger partial charge on any atom is 0.261 e. The van der Waals surface area contributed by atoms with E-state index < -0.39 is 10.0 Å². The Kier molecular flexibility index (Phi) is 5.29. The Morgan fingerprint density at radius 2 is 1.32 bits per heavy atom. The van der Waals surface area contributed by atoms with Gasteiger partial charge >= 0.3 is 0 Å². The molecule has 128 valence electrons. The molecule has 0 aliphatic heterocycles. The third kappa shape index (κ3) is 4.73. The van der Waals surface area contributed by atoms with E-state index in [1.807, 2.05) is 31.2 Å². The molecule has 6 heteroatoms. The molecule has 0 fully saturated rings. The minimum atomic E-state index is -3.60. The van der Waals surface area contributed by atoms with Crippen molar-refractivity contribution >= 4 is 38.3 Å². The summed E-state index contributed by atoms with van der Waals surface area (Å²) in [6.07, 6.45) is 0. The van der Waals surface area contributed by atoms with Crippen molar-refractivity contribution in [3.63, 3.8) is 0 Å². The van der Waals surface area contributed by atoms with Crippen LogP contribution in [0.1, 0.15) is 5.56 Å². The van der Waals surface area contributed by atoms with Crippen molar-refractivity contribution in [2.45, 2.75) is 11.8 Å². The average molecular weight is 465 g/mol. The molecule has 0 spiro atoms. The van der Waals surface area contributed by atoms with Crippen LogP contribution in [0, 0.1) is 10.5 Å². The fourth-order valence-corrected chi connectivity index (χ4v) is 3.58. The molecule has 0 amide bonds. The lowest BCUT2D eigenvalue weighted by atomic mass is 10.2. The SMILES string of the molecule is Cc1ccc(Oc2ccc(NS(=O)(=O)c3ccc(I)cc3)cc2)cc1. The summed E-state index contributed by atoms with van der Waals surface area (Å²) < 4.78 is 34.0. The van der Waals surface area contributed by atoms with Gasteiger partial charge in [-0.2, -0.15) is 0 Å². The Morgan fingerprint density at radius 3 is 1.88 bits per heavy atom. The van der Waals surface area contributed by atoms with Crippen molar-refractivity contribution in [2.75, 3.05) is 4.72 Å². The minimum absolute atomic E-state index is 0.230. The van der Waals surface area contributed by atoms with E-state index in [0.29, 0.717) is 11.4 Å². The molecular formula is C19H16INO3S. The smallest absolute Gasteiger partial charge is 0.261 e. The minimum Gasteiger partial charge on any atom is -0.457 e. The van der Waals surface area contributed by atoms with Gasteiger partial charge in [-0.15, -0.1) is 0 Å². The summed E-state index contributed by atoms with van der Waals surface area (Å²) in [5.41, 5.74) is 1.64. The maximum absolute atomic E-state index is 12.4. The maximum atomic E-state index is 12.4. The first kappa shape index (κ1) is 17.8. The van der Waals surface area contributed by atoms with Gasteiger partial charge in [0.25, 0.3) is 10.0 Å². The average Bonchev–Trinajstić information content (AvgIpc) is 2.59. The monoisotopic (exact) mass is 465 g/mol. The zero-order chi connectivity index (χ0) is 17.9. The number of sulfonamides is 1. The number of aryl methyl sites for hydroxylation is 1. The molecule has 0 radical (unpaired) electrons. The lowest BCUT2D eigenvalue weighted by molar-refractivity contribution is 0.482. The van der Waals surface area contributed by atoms with Gasteiger partial charge < -0.3 is 4.74 Å². The third-order valence-corrected chi connectivity index (χ3v) is 5.60. The molecule has 0 atom stereocenters. The predicted molar refractivity (Wildman–Crippen MR) is 108 cm³/mol. The number of anilines is 1. The van der Waals surface area contributed by atoms with E-state index in [9.17, 15) is 8.42 Å². The van der Waals surface area contributed by atoms with Gasteiger partial charge in [-0.1, -0.05) is 17.7 Å². The number of nitrogens with one attached hydrogen (secondary N) is 1. The topological polar surface area (TPSA) is 55.4 Å². The molecule has 0 aliphatic carbocycles. The van der Waals surface area contributed by atoms with E-state index in [2.05, 4.69) is 27.3 Å². The van der Waals surface area contributed by atoms with Crippen LogP contribution in [0.25, 0.3) is 0 Å². The summed E-state index contributed by atoms with van der Waals surface area (Å²) in [6.45, 7) is 2.01. The number of hydrogen-bond acceptors (Lipinski definition) is 3. The highest BCUT2D eigenvalue weighted by atomic mass is 127. The van der Waals surface area contributed by atoms with Gasteiger partial charge in [-0.25, -0.2) is 8.42 Å². The van der Waals surface area contributed by atoms with Crippen LogP contribution in [0.3, 0.4) is 0 Å². The highest BCUT2D eigenvalue weighted by Gasteiger charge is 2.13. The number of ether oxygens (including phenoxy) is 1. The second-order valence-corrected chi connectivity index (χ2v) is 8.43. The highest BCUT2D eigenvalue weighted by Crippen LogP contribution is 2.24. The first-order chi connectivity index (χ1) is 11.9. The molecule has 0 aromatic heterocycles. The Balaban J connectivity index is 1.71. The predicted octanol–water partition coefficient (Wildman–Crippen LogP) is 5.19. The fraction of sp³-hybridized carbons (Fsp3) is 0.0526. The summed E-state index contributed by atoms with van der Waals surface area (Å²) in [5, 5.41) is 0. The van der Waals surface area contributed by atoms with Gasteiger partial charge in [0, 0.05) is 9.26 Å². The zero-order valence-electron chi connectivity index (χ0n) is 13.4. The molecule has 0 unspecified atom stereocenters. The van der Waals surface area contributed by atoms with Crippen LogP contribution in [-0.4, -0.2) is 8.42 Å². The summed E-state index contributed by atoms with van der Waals surface area (Å²) in [7, 11) is -3.60. The Morgan fingerprint density at radius 1 is 0.800 bits per heavy atom. The second-order valence-electron chi connectivity index (χ2n) is 5.50. The molecule has 3 aromatic rings. The Hall–Kier alpha value is -2.06. The number of rotatable bonds is 5. The summed E-state index contributed by atoms with van der Waals surface area (Å²) in [5.74, 6) is 1.37. The van der Waals surface area contributed by atoms with Crippen LogP contribution in [0.4, 0.5) is 5.69 Å². The molecule has 4 nitrogen and oxygen atoms in total. The summed E-state index contributed by atoms with van der Waals surface area (Å²) >= 11 is 2.13. The van der Waals surface area contributed by atoms with Crippen LogP contribution in [0.15, 0.2) is 77.7 Å². The van der Waals surface area contributed by atoms with Crippen LogP contribution >= 0.6 is 22.6 Å². The van der Waals surface area contributed by atoms with E-state index in [0.717, 1.165) is 14.9 Å². The van der Waals surface area contributed by atoms with Crippen molar-refractivity contribution in [3.8, 4) is 11.5 Å². The lowest BCUT2D eigenvalue weighted by Crippen LogP contribution is -2.12. The van der Waals surface area contributed by atoms with Crippen LogP contribution in [0.2, 0.25) is 0 Å². The number of benzene rings is 3. The van der Waals surface area contributed by atoms with Gasteiger partial charge in [0.2, 0.25) is 0 Å². The van der Waals surface area contributed by atoms with Crippen molar-refractivity contribution in [1.29, 1.82) is 0 Å². The van der Waals surface area contributed by atoms with Gasteiger partial charge in [-0.05, 0) is 90.2 Å². The fourth-order valence-electron chi connectivity index (χ4n) is 2.16. The standard InChI is InChI=1S/C19H16INO3S/c1-14-2-8-17(9-3-14)24-18-10-6-16(7-11-18)21-25(22,23)19-12-4-15(20)5-13-19/h2-13,21H,1H3. The van der Waals surface area contributed by atoms with Gasteiger partial charge in [-0.3, -0.25) is 4.72 Å². The number of halogens is 1. The lowest BCUT2D eigenvalue weighted by Gasteiger charge is -2.10. The van der Waals surface area contributed by atoms with E-state index >= 15 is 0 Å². The number of hydrogen-bond donors (Lipinski definition) is 1. The van der Waals surface area contributed by atoms with Crippen LogP contribution in [-0.2, 0) is 10.0 Å². The third-order valence-electron chi connectivity index (χ3n) is 3.49. The van der Waals surface area contributed by atoms with E-state index in [4.69, 9.17) is 4.74 Å². The van der Waals surface area contributed by atoms with Crippen molar-refractivity contribution in [1.82, 2.24) is 0 Å². The quantitative estimate of drug-likeness (QED) is 0.528. The van der Waals surface area contributed by atoms with Gasteiger partial charge in [0.05, 0.1) is 4.90 Å². The molecule has 3 aromatic carbocycles. The molecule has 25 heavy (non-hydrogen) atoms. The molecule has 1 N–H and O–H groups in total. The first-order valence-electron chi connectivity index (χ1n) is 7.55. The molecule has 0 saturated carbocycles. The van der Waals surface area contributed by atoms with Crippen LogP contribution in [0.5, 0.6) is 11.5 Å². The molecule has 3 rings (SSSR count). The van der Waals surface area contributed by atoms with Gasteiger partial charge in [0.15, 0.2) is 0 Å². The Labute approximate surface area is 161 Å². The van der Waals surface area contributed by atoms with E-state index in [-0.39, 0.29) is 4.90 Å². The highest BCUT2D eigenvalue weighted by molar-refractivity contribution is 14.1. The molecule has 0 heterocycles. The first-order valence-corrected chi connectivity index (χ1v) is 10.1. The van der Waals surface area contributed by atoms with Gasteiger partial charge in [0.1, 0.15) is 11.5 Å². The Bertz CT molecular complexity index is 951. The molecule has 0 aliphatic rings. The largest absolute Gasteiger partial charge is 0.457 e. The van der Waals surface area contributed by atoms with Crippen molar-refractivity contribution in [3.05, 3.63) is 81.9 Å². The van der Waals surface area contributed by atoms with Crippen molar-refractivity contribution < 1.29 is 13.2 Å². The summed E-state index contributed by atoms with van der Waals surface area (Å²) in [6, 6.07) is 21.2. The molecule has 0 bridgehead atoms. The van der Waals surface area contributed by atoms with Crippen LogP contribution < -0.4 is 9.46 Å². The normalized spacial score (nSPS) is 11.1. The second kappa shape index (κ2) is 7.45. The van der Waals surface area contributed by atoms with Crippen molar-refractivity contribution in [2.24, 2.45) is 0 Å². The summed E-state index contributed by atoms with van der Waals surface area (Å²) in [4.78, 5) is 0.230. The zero-order valence-corrected chi connectivity index (χ0v) is 16.4.